The van der Waals surface area contributed by atoms with Crippen molar-refractivity contribution in [3.05, 3.63) is 77.2 Å². The molecule has 0 bridgehead atoms. The second-order valence-corrected chi connectivity index (χ2v) is 8.43. The molecular formula is C24H16F2N2O5S. The summed E-state index contributed by atoms with van der Waals surface area (Å²) in [6, 6.07) is 10.9. The average molecular weight is 482 g/mol. The summed E-state index contributed by atoms with van der Waals surface area (Å²) in [5, 5.41) is 21.8. The fraction of sp³-hybridized carbons (Fsp3) is 0.0833. The Bertz CT molecular complexity index is 1580. The molecule has 0 spiro atoms. The largest absolute Gasteiger partial charge is 0.503 e. The number of rotatable bonds is 5. The molecule has 2 N–H and O–H groups in total. The molecule has 7 nitrogen and oxygen atoms in total. The Morgan fingerprint density at radius 3 is 2.59 bits per heavy atom. The Morgan fingerprint density at radius 1 is 1.12 bits per heavy atom. The summed E-state index contributed by atoms with van der Waals surface area (Å²) < 4.78 is 41.0. The molecule has 5 rings (SSSR count). The van der Waals surface area contributed by atoms with Crippen molar-refractivity contribution in [1.29, 1.82) is 0 Å². The van der Waals surface area contributed by atoms with Crippen LogP contribution in [0.5, 0.6) is 17.4 Å². The van der Waals surface area contributed by atoms with Gasteiger partial charge >= 0.3 is 0 Å². The molecule has 0 fully saturated rings. The highest BCUT2D eigenvalue weighted by Crippen LogP contribution is 2.46. The molecule has 0 atom stereocenters. The Hall–Kier alpha value is -4.18. The Labute approximate surface area is 195 Å². The van der Waals surface area contributed by atoms with Gasteiger partial charge in [0.2, 0.25) is 11.7 Å². The van der Waals surface area contributed by atoms with Gasteiger partial charge < -0.3 is 19.4 Å². The Balaban J connectivity index is 1.82. The molecule has 3 aromatic heterocycles. The van der Waals surface area contributed by atoms with E-state index in [0.717, 1.165) is 28.0 Å². The number of nitrogens with zero attached hydrogens (tertiary/aromatic N) is 2. The summed E-state index contributed by atoms with van der Waals surface area (Å²) in [7, 11) is 1.52. The number of carbonyl (C=O) groups excluding carboxylic acids is 1. The van der Waals surface area contributed by atoms with Crippen LogP contribution in [-0.4, -0.2) is 32.7 Å². The van der Waals surface area contributed by atoms with Crippen LogP contribution in [0.2, 0.25) is 0 Å². The molecule has 34 heavy (non-hydrogen) atoms. The van der Waals surface area contributed by atoms with Crippen molar-refractivity contribution in [2.24, 2.45) is 0 Å². The van der Waals surface area contributed by atoms with Crippen LogP contribution in [0.3, 0.4) is 0 Å². The Kier molecular flexibility index (Phi) is 5.09. The third-order valence-electron chi connectivity index (χ3n) is 5.27. The Morgan fingerprint density at radius 2 is 1.91 bits per heavy atom. The summed E-state index contributed by atoms with van der Waals surface area (Å²) in [4.78, 5) is 17.8. The first-order valence-electron chi connectivity index (χ1n) is 9.96. The molecule has 2 aromatic carbocycles. The predicted octanol–water partition coefficient (Wildman–Crippen LogP) is 5.58. The zero-order valence-corrected chi connectivity index (χ0v) is 18.6. The molecule has 0 unspecified atom stereocenters. The SMILES string of the molecule is COc1ccc2nc(-n3c(O)c(O)c(C(=O)c4ccc(C)o4)c3-c3ccc(F)cc3F)sc2c1. The number of halogens is 2. The molecule has 0 saturated heterocycles. The van der Waals surface area contributed by atoms with E-state index >= 15 is 0 Å². The van der Waals surface area contributed by atoms with Gasteiger partial charge in [0.25, 0.3) is 0 Å². The van der Waals surface area contributed by atoms with Gasteiger partial charge in [-0.1, -0.05) is 11.3 Å². The fourth-order valence-corrected chi connectivity index (χ4v) is 4.68. The zero-order valence-electron chi connectivity index (χ0n) is 17.8. The van der Waals surface area contributed by atoms with E-state index in [1.165, 1.54) is 13.2 Å². The number of hydrogen-bond donors (Lipinski definition) is 2. The number of ketones is 1. The van der Waals surface area contributed by atoms with E-state index in [9.17, 15) is 23.8 Å². The van der Waals surface area contributed by atoms with Crippen molar-refractivity contribution >= 4 is 27.3 Å². The van der Waals surface area contributed by atoms with Gasteiger partial charge in [-0.25, -0.2) is 13.8 Å². The number of fused-ring (bicyclic) bond motifs is 1. The average Bonchev–Trinajstić information content (AvgIpc) is 3.49. The van der Waals surface area contributed by atoms with Crippen LogP contribution >= 0.6 is 11.3 Å². The van der Waals surface area contributed by atoms with Crippen LogP contribution in [0.1, 0.15) is 21.9 Å². The number of methoxy groups -OCH3 is 1. The lowest BCUT2D eigenvalue weighted by atomic mass is 10.0. The standard InChI is InChI=1S/C24H16F2N2O5S/c1-11-3-8-17(33-11)21(29)19-20(14-6-4-12(25)9-15(14)26)28(23(31)22(19)30)24-27-16-7-5-13(32-2)10-18(16)34-24/h3-10,30-31H,1-2H3. The van der Waals surface area contributed by atoms with E-state index in [-0.39, 0.29) is 22.1 Å². The van der Waals surface area contributed by atoms with Crippen LogP contribution in [0.25, 0.3) is 26.6 Å². The van der Waals surface area contributed by atoms with Gasteiger partial charge in [0.1, 0.15) is 23.1 Å². The smallest absolute Gasteiger partial charge is 0.242 e. The second-order valence-electron chi connectivity index (χ2n) is 7.42. The molecule has 172 valence electrons. The van der Waals surface area contributed by atoms with E-state index in [2.05, 4.69) is 4.98 Å². The maximum atomic E-state index is 14.9. The molecule has 0 radical (unpaired) electrons. The molecule has 0 amide bonds. The number of ether oxygens (including phenoxy) is 1. The number of aromatic hydroxyl groups is 2. The molecule has 0 aliphatic carbocycles. The fourth-order valence-electron chi connectivity index (χ4n) is 3.68. The molecule has 5 aromatic rings. The maximum absolute atomic E-state index is 14.9. The number of furan rings is 1. The van der Waals surface area contributed by atoms with Crippen molar-refractivity contribution in [1.82, 2.24) is 9.55 Å². The summed E-state index contributed by atoms with van der Waals surface area (Å²) in [6.45, 7) is 1.63. The van der Waals surface area contributed by atoms with Crippen LogP contribution in [0.15, 0.2) is 52.9 Å². The normalized spacial score (nSPS) is 11.3. The van der Waals surface area contributed by atoms with Gasteiger partial charge in [-0.2, -0.15) is 0 Å². The minimum absolute atomic E-state index is 0.122. The highest BCUT2D eigenvalue weighted by Gasteiger charge is 2.33. The third kappa shape index (κ3) is 3.39. The number of hydrogen-bond acceptors (Lipinski definition) is 7. The van der Waals surface area contributed by atoms with Gasteiger partial charge in [-0.3, -0.25) is 9.36 Å². The monoisotopic (exact) mass is 482 g/mol. The quantitative estimate of drug-likeness (QED) is 0.317. The van der Waals surface area contributed by atoms with Gasteiger partial charge in [-0.15, -0.1) is 0 Å². The van der Waals surface area contributed by atoms with Crippen LogP contribution in [0, 0.1) is 18.6 Å². The van der Waals surface area contributed by atoms with Crippen LogP contribution in [-0.2, 0) is 0 Å². The topological polar surface area (TPSA) is 97.7 Å². The van der Waals surface area contributed by atoms with E-state index in [1.54, 1.807) is 31.2 Å². The number of carbonyl (C=O) groups is 1. The van der Waals surface area contributed by atoms with Crippen molar-refractivity contribution in [2.75, 3.05) is 7.11 Å². The number of aromatic nitrogens is 2. The highest BCUT2D eigenvalue weighted by molar-refractivity contribution is 7.20. The van der Waals surface area contributed by atoms with Crippen LogP contribution < -0.4 is 4.74 Å². The predicted molar refractivity (Wildman–Crippen MR) is 121 cm³/mol. The lowest BCUT2D eigenvalue weighted by Crippen LogP contribution is -2.05. The van der Waals surface area contributed by atoms with Gasteiger partial charge in [-0.05, 0) is 49.4 Å². The molecule has 0 aliphatic heterocycles. The van der Waals surface area contributed by atoms with Gasteiger partial charge in [0.05, 0.1) is 28.6 Å². The first-order chi connectivity index (χ1) is 16.3. The minimum Gasteiger partial charge on any atom is -0.503 e. The minimum atomic E-state index is -0.994. The van der Waals surface area contributed by atoms with Crippen molar-refractivity contribution in [3.8, 4) is 33.8 Å². The third-order valence-corrected chi connectivity index (χ3v) is 6.28. The number of benzene rings is 2. The lowest BCUT2D eigenvalue weighted by molar-refractivity contribution is 0.101. The molecule has 10 heteroatoms. The summed E-state index contributed by atoms with van der Waals surface area (Å²) >= 11 is 1.12. The first-order valence-corrected chi connectivity index (χ1v) is 10.8. The summed E-state index contributed by atoms with van der Waals surface area (Å²) in [6.07, 6.45) is 0. The highest BCUT2D eigenvalue weighted by atomic mass is 32.1. The van der Waals surface area contributed by atoms with Crippen molar-refractivity contribution in [2.45, 2.75) is 6.92 Å². The van der Waals surface area contributed by atoms with Crippen molar-refractivity contribution < 1.29 is 32.9 Å². The summed E-state index contributed by atoms with van der Waals surface area (Å²) in [5.74, 6) is -3.22. The number of thiazole rings is 1. The van der Waals surface area contributed by atoms with E-state index < -0.39 is 34.6 Å². The molecule has 0 saturated carbocycles. The maximum Gasteiger partial charge on any atom is 0.242 e. The number of aryl methyl sites for hydroxylation is 1. The summed E-state index contributed by atoms with van der Waals surface area (Å²) in [5.41, 5.74) is -0.277. The van der Waals surface area contributed by atoms with E-state index in [4.69, 9.17) is 9.15 Å². The van der Waals surface area contributed by atoms with Crippen molar-refractivity contribution in [3.63, 3.8) is 0 Å². The van der Waals surface area contributed by atoms with E-state index in [1.807, 2.05) is 0 Å². The lowest BCUT2D eigenvalue weighted by Gasteiger charge is -2.10. The molecular weight excluding hydrogens is 466 g/mol. The molecule has 3 heterocycles. The van der Waals surface area contributed by atoms with E-state index in [0.29, 0.717) is 27.8 Å². The second kappa shape index (κ2) is 7.99. The molecule has 0 aliphatic rings. The van der Waals surface area contributed by atoms with Crippen LogP contribution in [0.4, 0.5) is 8.78 Å². The van der Waals surface area contributed by atoms with Gasteiger partial charge in [0.15, 0.2) is 16.6 Å². The first kappa shape index (κ1) is 21.7. The van der Waals surface area contributed by atoms with Gasteiger partial charge in [0, 0.05) is 11.6 Å². The zero-order chi connectivity index (χ0) is 24.1.